The first-order chi connectivity index (χ1) is 13.8. The van der Waals surface area contributed by atoms with E-state index in [0.29, 0.717) is 17.7 Å². The molecule has 2 atom stereocenters. The van der Waals surface area contributed by atoms with Gasteiger partial charge in [-0.3, -0.25) is 4.79 Å². The van der Waals surface area contributed by atoms with Crippen molar-refractivity contribution < 1.29 is 19.7 Å². The largest absolute Gasteiger partial charge is 0.507 e. The number of ether oxygens (including phenoxy) is 1. The molecule has 2 aromatic carbocycles. The fraction of sp³-hybridized carbons (Fsp3) is 0.320. The molecule has 2 N–H and O–H groups in total. The van der Waals surface area contributed by atoms with Gasteiger partial charge in [0, 0.05) is 17.5 Å². The summed E-state index contributed by atoms with van der Waals surface area (Å²) in [6, 6.07) is 10.8. The first kappa shape index (κ1) is 20.7. The van der Waals surface area contributed by atoms with Crippen molar-refractivity contribution in [2.24, 2.45) is 0 Å². The molecule has 0 bridgehead atoms. The Morgan fingerprint density at radius 3 is 2.48 bits per heavy atom. The molecule has 4 heteroatoms. The Hall–Kier alpha value is -3.01. The topological polar surface area (TPSA) is 66.8 Å². The van der Waals surface area contributed by atoms with E-state index in [2.05, 4.69) is 6.08 Å². The molecular weight excluding hydrogens is 364 g/mol. The maximum absolute atomic E-state index is 12.9. The highest BCUT2D eigenvalue weighted by molar-refractivity contribution is 6.03. The van der Waals surface area contributed by atoms with Crippen LogP contribution in [0, 0.1) is 0 Å². The van der Waals surface area contributed by atoms with Crippen molar-refractivity contribution >= 4 is 5.78 Å². The van der Waals surface area contributed by atoms with E-state index in [4.69, 9.17) is 4.74 Å². The number of allylic oxidation sites excluding steroid dienone is 4. The fourth-order valence-corrected chi connectivity index (χ4v) is 3.77. The van der Waals surface area contributed by atoms with E-state index < -0.39 is 6.10 Å². The number of rotatable bonds is 5. The predicted octanol–water partition coefficient (Wildman–Crippen LogP) is 6.21. The van der Waals surface area contributed by atoms with Gasteiger partial charge in [-0.05, 0) is 39.7 Å². The summed E-state index contributed by atoms with van der Waals surface area (Å²) in [6.45, 7) is 8.01. The lowest BCUT2D eigenvalue weighted by Gasteiger charge is -2.31. The van der Waals surface area contributed by atoms with Gasteiger partial charge in [-0.2, -0.15) is 0 Å². The number of Topliss-reactive ketones (excluding diaryl/α,β-unsaturated/α-hetero) is 1. The quantitative estimate of drug-likeness (QED) is 0.594. The van der Waals surface area contributed by atoms with Crippen molar-refractivity contribution in [2.45, 2.75) is 52.6 Å². The summed E-state index contributed by atoms with van der Waals surface area (Å²) < 4.78 is 6.27. The lowest BCUT2D eigenvalue weighted by atomic mass is 9.83. The molecule has 29 heavy (non-hydrogen) atoms. The van der Waals surface area contributed by atoms with Crippen LogP contribution in [0.5, 0.6) is 17.2 Å². The van der Waals surface area contributed by atoms with Gasteiger partial charge in [0.15, 0.2) is 5.78 Å². The maximum atomic E-state index is 12.9. The molecule has 0 aromatic heterocycles. The minimum absolute atomic E-state index is 0.0592. The summed E-state index contributed by atoms with van der Waals surface area (Å²) in [4.78, 5) is 12.9. The normalized spacial score (nSPS) is 17.3. The van der Waals surface area contributed by atoms with E-state index in [0.717, 1.165) is 11.1 Å². The molecule has 3 rings (SSSR count). The van der Waals surface area contributed by atoms with Crippen LogP contribution in [0.2, 0.25) is 0 Å². The lowest BCUT2D eigenvalue weighted by Crippen LogP contribution is -2.22. The molecule has 0 saturated carbocycles. The average Bonchev–Trinajstić information content (AvgIpc) is 2.69. The van der Waals surface area contributed by atoms with Crippen molar-refractivity contribution in [2.75, 3.05) is 0 Å². The van der Waals surface area contributed by atoms with Gasteiger partial charge in [0.05, 0.1) is 6.42 Å². The molecule has 0 aliphatic carbocycles. The van der Waals surface area contributed by atoms with Crippen molar-refractivity contribution in [3.8, 4) is 17.2 Å². The van der Waals surface area contributed by atoms with Gasteiger partial charge in [0.25, 0.3) is 0 Å². The Bertz CT molecular complexity index is 966. The van der Waals surface area contributed by atoms with Crippen LogP contribution < -0.4 is 4.74 Å². The Kier molecular flexibility index (Phi) is 6.12. The van der Waals surface area contributed by atoms with Crippen LogP contribution in [0.4, 0.5) is 0 Å². The number of hydrogen-bond acceptors (Lipinski definition) is 4. The SMILES string of the molecule is CC=C(C)[C@H](CC=C(C)C)c1c(O)cc(O)c2c1O[C@H](c1ccccc1)CC2=O. The number of carbonyl (C=O) groups excluding carboxylic acids is 1. The first-order valence-corrected chi connectivity index (χ1v) is 9.93. The molecular formula is C25H28O4. The predicted molar refractivity (Wildman–Crippen MR) is 115 cm³/mol. The molecule has 0 radical (unpaired) electrons. The molecule has 0 fully saturated rings. The van der Waals surface area contributed by atoms with Crippen molar-refractivity contribution in [1.82, 2.24) is 0 Å². The van der Waals surface area contributed by atoms with E-state index in [-0.39, 0.29) is 35.2 Å². The van der Waals surface area contributed by atoms with Crippen LogP contribution in [0.3, 0.4) is 0 Å². The third kappa shape index (κ3) is 4.21. The first-order valence-electron chi connectivity index (χ1n) is 9.93. The van der Waals surface area contributed by atoms with Gasteiger partial charge in [-0.15, -0.1) is 0 Å². The number of phenols is 2. The van der Waals surface area contributed by atoms with Crippen molar-refractivity contribution in [3.63, 3.8) is 0 Å². The van der Waals surface area contributed by atoms with Crippen LogP contribution in [0.25, 0.3) is 0 Å². The molecule has 2 aromatic rings. The number of benzene rings is 2. The van der Waals surface area contributed by atoms with E-state index in [1.54, 1.807) is 0 Å². The average molecular weight is 392 g/mol. The molecule has 0 unspecified atom stereocenters. The third-order valence-corrected chi connectivity index (χ3v) is 5.47. The van der Waals surface area contributed by atoms with E-state index >= 15 is 0 Å². The summed E-state index contributed by atoms with van der Waals surface area (Å²) in [6.07, 6.45) is 4.47. The summed E-state index contributed by atoms with van der Waals surface area (Å²) >= 11 is 0. The second-order valence-corrected chi connectivity index (χ2v) is 7.78. The highest BCUT2D eigenvalue weighted by Crippen LogP contribution is 2.50. The Morgan fingerprint density at radius 1 is 1.17 bits per heavy atom. The van der Waals surface area contributed by atoms with Gasteiger partial charge < -0.3 is 14.9 Å². The third-order valence-electron chi connectivity index (χ3n) is 5.47. The van der Waals surface area contributed by atoms with E-state index in [1.165, 1.54) is 11.6 Å². The van der Waals surface area contributed by atoms with Gasteiger partial charge in [0.1, 0.15) is 28.9 Å². The summed E-state index contributed by atoms with van der Waals surface area (Å²) in [7, 11) is 0. The lowest BCUT2D eigenvalue weighted by molar-refractivity contribution is 0.0841. The van der Waals surface area contributed by atoms with E-state index in [9.17, 15) is 15.0 Å². The monoisotopic (exact) mass is 392 g/mol. The second-order valence-electron chi connectivity index (χ2n) is 7.78. The minimum atomic E-state index is -0.453. The Morgan fingerprint density at radius 2 is 1.86 bits per heavy atom. The molecule has 4 nitrogen and oxygen atoms in total. The van der Waals surface area contributed by atoms with Crippen LogP contribution in [0.15, 0.2) is 59.7 Å². The van der Waals surface area contributed by atoms with Crippen molar-refractivity contribution in [1.29, 1.82) is 0 Å². The molecule has 0 saturated heterocycles. The number of phenolic OH excluding ortho intramolecular Hbond substituents is 2. The zero-order valence-corrected chi connectivity index (χ0v) is 17.4. The smallest absolute Gasteiger partial charge is 0.174 e. The molecule has 1 aliphatic rings. The zero-order chi connectivity index (χ0) is 21.1. The second kappa shape index (κ2) is 8.56. The maximum Gasteiger partial charge on any atom is 0.174 e. The van der Waals surface area contributed by atoms with Crippen LogP contribution in [-0.4, -0.2) is 16.0 Å². The number of hydrogen-bond donors (Lipinski definition) is 2. The molecule has 152 valence electrons. The summed E-state index contributed by atoms with van der Waals surface area (Å²) in [5, 5.41) is 21.2. The zero-order valence-electron chi connectivity index (χ0n) is 17.4. The van der Waals surface area contributed by atoms with Crippen LogP contribution in [0.1, 0.15) is 74.0 Å². The number of fused-ring (bicyclic) bond motifs is 1. The molecule has 0 spiro atoms. The highest BCUT2D eigenvalue weighted by atomic mass is 16.5. The van der Waals surface area contributed by atoms with Crippen molar-refractivity contribution in [3.05, 3.63) is 76.4 Å². The summed E-state index contributed by atoms with van der Waals surface area (Å²) in [5.41, 5.74) is 3.84. The minimum Gasteiger partial charge on any atom is -0.507 e. The number of carbonyl (C=O) groups is 1. The van der Waals surface area contributed by atoms with Crippen LogP contribution >= 0.6 is 0 Å². The standard InChI is InChI=1S/C25H28O4/c1-5-16(4)18(12-11-15(2)3)23-19(26)13-20(27)24-21(28)14-22(29-25(23)24)17-9-7-6-8-10-17/h5-11,13,18,22,26-27H,12,14H2,1-4H3/t18-,22-/m0/s1. The Labute approximate surface area is 172 Å². The Balaban J connectivity index is 2.18. The number of aromatic hydroxyl groups is 2. The molecule has 1 heterocycles. The molecule has 0 amide bonds. The van der Waals surface area contributed by atoms with Gasteiger partial charge in [0.2, 0.25) is 0 Å². The fourth-order valence-electron chi connectivity index (χ4n) is 3.77. The van der Waals surface area contributed by atoms with E-state index in [1.807, 2.05) is 64.1 Å². The summed E-state index contributed by atoms with van der Waals surface area (Å²) in [5.74, 6) is -0.349. The van der Waals surface area contributed by atoms with Gasteiger partial charge in [-0.1, -0.05) is 53.6 Å². The van der Waals surface area contributed by atoms with Gasteiger partial charge >= 0.3 is 0 Å². The molecule has 1 aliphatic heterocycles. The number of ketones is 1. The highest BCUT2D eigenvalue weighted by Gasteiger charge is 2.35. The van der Waals surface area contributed by atoms with Gasteiger partial charge in [-0.25, -0.2) is 0 Å². The van der Waals surface area contributed by atoms with Crippen LogP contribution in [-0.2, 0) is 0 Å².